The molecule has 178 valence electrons. The van der Waals surface area contributed by atoms with Gasteiger partial charge in [0.15, 0.2) is 5.96 Å². The Hall–Kier alpha value is -0.800. The zero-order valence-corrected chi connectivity index (χ0v) is 21.9. The van der Waals surface area contributed by atoms with Gasteiger partial charge in [-0.25, -0.2) is 0 Å². The molecule has 1 aromatic rings. The van der Waals surface area contributed by atoms with Gasteiger partial charge in [0.25, 0.3) is 0 Å². The molecule has 2 aliphatic rings. The van der Waals surface area contributed by atoms with Crippen molar-refractivity contribution in [3.8, 4) is 0 Å². The van der Waals surface area contributed by atoms with E-state index in [4.69, 9.17) is 14.1 Å². The number of rotatable bonds is 11. The molecule has 1 saturated carbocycles. The number of likely N-dealkylation sites (N-methyl/N-ethyl adjacent to an activating group) is 1. The predicted octanol–water partition coefficient (Wildman–Crippen LogP) is 4.40. The molecule has 7 heteroatoms. The maximum Gasteiger partial charge on any atom is 0.194 e. The number of aliphatic imine (C=N–C) groups is 1. The maximum absolute atomic E-state index is 5.47. The second-order valence-electron chi connectivity index (χ2n) is 9.03. The number of furan rings is 1. The van der Waals surface area contributed by atoms with Gasteiger partial charge >= 0.3 is 0 Å². The summed E-state index contributed by atoms with van der Waals surface area (Å²) in [5, 5.41) is 3.79. The molecule has 2 fully saturated rings. The van der Waals surface area contributed by atoms with Gasteiger partial charge in [-0.05, 0) is 70.2 Å². The van der Waals surface area contributed by atoms with Crippen LogP contribution in [0.1, 0.15) is 57.1 Å². The summed E-state index contributed by atoms with van der Waals surface area (Å²) in [5.74, 6) is 3.01. The van der Waals surface area contributed by atoms with Gasteiger partial charge in [-0.1, -0.05) is 12.8 Å². The van der Waals surface area contributed by atoms with Gasteiger partial charge in [0, 0.05) is 45.8 Å². The van der Waals surface area contributed by atoms with E-state index < -0.39 is 0 Å². The standard InChI is InChI=1S/C24H42N4O2.HI/c1-27(18-20-29-2)15-5-7-21-12-16-28(17-13-21)24(26-22-8-3-4-9-22)25-14-11-23-10-6-19-30-23;/h6,10,19,21-22H,3-5,7-9,11-18,20H2,1-2H3,(H,25,26);1H. The van der Waals surface area contributed by atoms with Crippen LogP contribution in [0.25, 0.3) is 0 Å². The second kappa shape index (κ2) is 15.1. The highest BCUT2D eigenvalue weighted by molar-refractivity contribution is 14.0. The van der Waals surface area contributed by atoms with Crippen LogP contribution in [0.4, 0.5) is 0 Å². The Morgan fingerprint density at radius 2 is 2.00 bits per heavy atom. The highest BCUT2D eigenvalue weighted by Crippen LogP contribution is 2.23. The minimum absolute atomic E-state index is 0. The van der Waals surface area contributed by atoms with Crippen molar-refractivity contribution >= 4 is 29.9 Å². The van der Waals surface area contributed by atoms with E-state index in [-0.39, 0.29) is 24.0 Å². The quantitative estimate of drug-likeness (QED) is 0.254. The van der Waals surface area contributed by atoms with Gasteiger partial charge in [-0.15, -0.1) is 24.0 Å². The van der Waals surface area contributed by atoms with Crippen LogP contribution < -0.4 is 5.32 Å². The van der Waals surface area contributed by atoms with Crippen LogP contribution in [0.5, 0.6) is 0 Å². The number of nitrogens with one attached hydrogen (secondary N) is 1. The lowest BCUT2D eigenvalue weighted by Crippen LogP contribution is -2.48. The van der Waals surface area contributed by atoms with Gasteiger partial charge < -0.3 is 24.3 Å². The molecule has 1 saturated heterocycles. The molecule has 3 rings (SSSR count). The lowest BCUT2D eigenvalue weighted by molar-refractivity contribution is 0.158. The smallest absolute Gasteiger partial charge is 0.194 e. The molecule has 1 aliphatic carbocycles. The van der Waals surface area contributed by atoms with Crippen LogP contribution in [-0.2, 0) is 11.2 Å². The molecule has 1 N–H and O–H groups in total. The zero-order valence-electron chi connectivity index (χ0n) is 19.6. The fourth-order valence-electron chi connectivity index (χ4n) is 4.66. The average Bonchev–Trinajstić information content (AvgIpc) is 3.46. The molecule has 0 atom stereocenters. The summed E-state index contributed by atoms with van der Waals surface area (Å²) in [6, 6.07) is 4.60. The Morgan fingerprint density at radius 3 is 2.68 bits per heavy atom. The van der Waals surface area contributed by atoms with E-state index in [1.807, 2.05) is 12.1 Å². The van der Waals surface area contributed by atoms with Crippen molar-refractivity contribution in [2.75, 3.05) is 53.5 Å². The fourth-order valence-corrected chi connectivity index (χ4v) is 4.66. The summed E-state index contributed by atoms with van der Waals surface area (Å²) < 4.78 is 10.6. The normalized spacial score (nSPS) is 18.5. The molecule has 2 heterocycles. The van der Waals surface area contributed by atoms with Crippen LogP contribution in [0.15, 0.2) is 27.8 Å². The van der Waals surface area contributed by atoms with Crippen LogP contribution >= 0.6 is 24.0 Å². The van der Waals surface area contributed by atoms with Crippen LogP contribution in [0.2, 0.25) is 0 Å². The Kier molecular flexibility index (Phi) is 12.9. The van der Waals surface area contributed by atoms with Crippen molar-refractivity contribution in [3.63, 3.8) is 0 Å². The van der Waals surface area contributed by atoms with E-state index in [1.54, 1.807) is 13.4 Å². The van der Waals surface area contributed by atoms with Crippen LogP contribution in [-0.4, -0.2) is 75.3 Å². The number of hydrogen-bond donors (Lipinski definition) is 1. The van der Waals surface area contributed by atoms with Crippen LogP contribution in [0.3, 0.4) is 0 Å². The van der Waals surface area contributed by atoms with E-state index in [2.05, 4.69) is 22.2 Å². The van der Waals surface area contributed by atoms with Gasteiger partial charge in [0.2, 0.25) is 0 Å². The number of likely N-dealkylation sites (tertiary alicyclic amines) is 1. The summed E-state index contributed by atoms with van der Waals surface area (Å²) in [6.45, 7) is 6.07. The molecule has 0 aromatic carbocycles. The van der Waals surface area contributed by atoms with E-state index in [0.29, 0.717) is 6.04 Å². The number of methoxy groups -OCH3 is 1. The molecule has 6 nitrogen and oxygen atoms in total. The van der Waals surface area contributed by atoms with Crippen molar-refractivity contribution in [3.05, 3.63) is 24.2 Å². The van der Waals surface area contributed by atoms with Gasteiger partial charge in [0.05, 0.1) is 12.9 Å². The molecule has 0 spiro atoms. The Bertz CT molecular complexity index is 597. The molecule has 0 amide bonds. The second-order valence-corrected chi connectivity index (χ2v) is 9.03. The third-order valence-electron chi connectivity index (χ3n) is 6.63. The summed E-state index contributed by atoms with van der Waals surface area (Å²) in [7, 11) is 3.97. The number of guanidine groups is 1. The average molecular weight is 547 g/mol. The van der Waals surface area contributed by atoms with E-state index in [9.17, 15) is 0 Å². The lowest BCUT2D eigenvalue weighted by Gasteiger charge is -2.35. The third-order valence-corrected chi connectivity index (χ3v) is 6.63. The molecular formula is C24H43IN4O2. The fraction of sp³-hybridized carbons (Fsp3) is 0.792. The summed E-state index contributed by atoms with van der Waals surface area (Å²) >= 11 is 0. The van der Waals surface area contributed by atoms with Gasteiger partial charge in [0.1, 0.15) is 5.76 Å². The minimum atomic E-state index is 0. The number of hydrogen-bond acceptors (Lipinski definition) is 4. The van der Waals surface area contributed by atoms with Crippen molar-refractivity contribution in [2.24, 2.45) is 10.9 Å². The lowest BCUT2D eigenvalue weighted by atomic mass is 9.92. The van der Waals surface area contributed by atoms with Crippen molar-refractivity contribution < 1.29 is 9.15 Å². The Labute approximate surface area is 206 Å². The SMILES string of the molecule is COCCN(C)CCCC1CCN(C(=NCCc2ccco2)NC2CCCC2)CC1.I. The number of nitrogens with zero attached hydrogens (tertiary/aromatic N) is 3. The topological polar surface area (TPSA) is 53.2 Å². The number of piperidine rings is 1. The van der Waals surface area contributed by atoms with E-state index in [0.717, 1.165) is 56.8 Å². The molecule has 0 unspecified atom stereocenters. The van der Waals surface area contributed by atoms with Crippen LogP contribution in [0, 0.1) is 5.92 Å². The summed E-state index contributed by atoms with van der Waals surface area (Å²) in [4.78, 5) is 9.86. The highest BCUT2D eigenvalue weighted by atomic mass is 127. The highest BCUT2D eigenvalue weighted by Gasteiger charge is 2.24. The Balaban J connectivity index is 0.00000341. The molecule has 1 aliphatic heterocycles. The minimum Gasteiger partial charge on any atom is -0.469 e. The first-order valence-electron chi connectivity index (χ1n) is 12.0. The number of ether oxygens (including phenoxy) is 1. The largest absolute Gasteiger partial charge is 0.469 e. The summed E-state index contributed by atoms with van der Waals surface area (Å²) in [6.07, 6.45) is 13.1. The first kappa shape index (κ1) is 26.5. The van der Waals surface area contributed by atoms with Crippen molar-refractivity contribution in [1.29, 1.82) is 0 Å². The molecule has 0 radical (unpaired) electrons. The first-order valence-corrected chi connectivity index (χ1v) is 12.0. The molecule has 1 aromatic heterocycles. The number of halogens is 1. The molecule has 31 heavy (non-hydrogen) atoms. The molecular weight excluding hydrogens is 503 g/mol. The first-order chi connectivity index (χ1) is 14.7. The van der Waals surface area contributed by atoms with Crippen molar-refractivity contribution in [2.45, 2.75) is 63.8 Å². The van der Waals surface area contributed by atoms with Crippen molar-refractivity contribution in [1.82, 2.24) is 15.1 Å². The zero-order chi connectivity index (χ0) is 21.0. The maximum atomic E-state index is 5.47. The van der Waals surface area contributed by atoms with Gasteiger partial charge in [-0.3, -0.25) is 4.99 Å². The predicted molar refractivity (Wildman–Crippen MR) is 138 cm³/mol. The van der Waals surface area contributed by atoms with E-state index >= 15 is 0 Å². The van der Waals surface area contributed by atoms with E-state index in [1.165, 1.54) is 57.9 Å². The summed E-state index contributed by atoms with van der Waals surface area (Å²) in [5.41, 5.74) is 0. The molecule has 0 bridgehead atoms. The monoisotopic (exact) mass is 546 g/mol. The Morgan fingerprint density at radius 1 is 1.23 bits per heavy atom. The van der Waals surface area contributed by atoms with Gasteiger partial charge in [-0.2, -0.15) is 0 Å². The third kappa shape index (κ3) is 9.70.